The van der Waals surface area contributed by atoms with Crippen molar-refractivity contribution in [3.8, 4) is 5.75 Å². The van der Waals surface area contributed by atoms with Crippen LogP contribution in [0.1, 0.15) is 5.56 Å². The number of carboxylic acid groups (broad SMARTS) is 1. The Morgan fingerprint density at radius 1 is 1.04 bits per heavy atom. The van der Waals surface area contributed by atoms with Crippen LogP contribution in [0, 0.1) is 0 Å². The number of para-hydroxylation sites is 2. The maximum Gasteiger partial charge on any atom is 0.329 e. The molecule has 1 aromatic heterocycles. The first kappa shape index (κ1) is 15.9. The summed E-state index contributed by atoms with van der Waals surface area (Å²) in [6.07, 6.45) is 0.672. The van der Waals surface area contributed by atoms with Gasteiger partial charge in [-0.15, -0.1) is 0 Å². The average Bonchev–Trinajstić information content (AvgIpc) is 2.85. The molecule has 6 heteroatoms. The van der Waals surface area contributed by atoms with E-state index in [0.717, 1.165) is 16.8 Å². The number of fused-ring (bicyclic) bond motifs is 1. The highest BCUT2D eigenvalue weighted by Gasteiger charge is 2.14. The van der Waals surface area contributed by atoms with Gasteiger partial charge in [0.25, 0.3) is 0 Å². The predicted octanol–water partition coefficient (Wildman–Crippen LogP) is 2.14. The van der Waals surface area contributed by atoms with E-state index in [4.69, 9.17) is 9.84 Å². The van der Waals surface area contributed by atoms with Crippen LogP contribution in [-0.2, 0) is 24.3 Å². The lowest BCUT2D eigenvalue weighted by Gasteiger charge is -2.05. The molecule has 0 aliphatic carbocycles. The van der Waals surface area contributed by atoms with Crippen molar-refractivity contribution < 1.29 is 14.6 Å². The van der Waals surface area contributed by atoms with Crippen molar-refractivity contribution in [3.05, 3.63) is 64.6 Å². The molecule has 2 aromatic carbocycles. The summed E-state index contributed by atoms with van der Waals surface area (Å²) >= 11 is 0. The first-order valence-electron chi connectivity index (χ1n) is 7.63. The van der Waals surface area contributed by atoms with E-state index in [-0.39, 0.29) is 12.2 Å². The summed E-state index contributed by atoms with van der Waals surface area (Å²) in [6.45, 7) is 0.146. The van der Waals surface area contributed by atoms with E-state index in [0.29, 0.717) is 18.5 Å². The zero-order valence-corrected chi connectivity index (χ0v) is 13.3. The number of ether oxygens (including phenoxy) is 1. The Morgan fingerprint density at radius 2 is 1.67 bits per heavy atom. The van der Waals surface area contributed by atoms with Crippen molar-refractivity contribution in [2.45, 2.75) is 19.5 Å². The molecule has 0 radical (unpaired) electrons. The number of aromatic nitrogens is 2. The third-order valence-electron chi connectivity index (χ3n) is 4.00. The van der Waals surface area contributed by atoms with Gasteiger partial charge in [-0.25, -0.2) is 4.79 Å². The number of imidazole rings is 1. The van der Waals surface area contributed by atoms with Crippen molar-refractivity contribution in [1.82, 2.24) is 9.13 Å². The number of carbonyl (C=O) groups is 1. The van der Waals surface area contributed by atoms with Crippen LogP contribution < -0.4 is 10.4 Å². The molecule has 0 atom stereocenters. The van der Waals surface area contributed by atoms with Crippen molar-refractivity contribution in [1.29, 1.82) is 0 Å². The zero-order chi connectivity index (χ0) is 17.1. The molecular formula is C18H18N2O4. The molecule has 3 aromatic rings. The Bertz CT molecular complexity index is 922. The van der Waals surface area contributed by atoms with Crippen LogP contribution in [0.15, 0.2) is 53.3 Å². The number of hydrogen-bond acceptors (Lipinski definition) is 3. The van der Waals surface area contributed by atoms with Gasteiger partial charge >= 0.3 is 11.7 Å². The van der Waals surface area contributed by atoms with Gasteiger partial charge in [-0.1, -0.05) is 24.3 Å². The van der Waals surface area contributed by atoms with Gasteiger partial charge in [-0.2, -0.15) is 0 Å². The molecule has 6 nitrogen and oxygen atoms in total. The van der Waals surface area contributed by atoms with Crippen molar-refractivity contribution in [3.63, 3.8) is 0 Å². The van der Waals surface area contributed by atoms with Crippen LogP contribution in [0.3, 0.4) is 0 Å². The van der Waals surface area contributed by atoms with Gasteiger partial charge < -0.3 is 9.84 Å². The summed E-state index contributed by atoms with van der Waals surface area (Å²) < 4.78 is 8.06. The molecule has 0 aliphatic heterocycles. The highest BCUT2D eigenvalue weighted by Crippen LogP contribution is 2.15. The Morgan fingerprint density at radius 3 is 2.25 bits per heavy atom. The van der Waals surface area contributed by atoms with Gasteiger partial charge in [0.15, 0.2) is 0 Å². The van der Waals surface area contributed by atoms with E-state index >= 15 is 0 Å². The minimum Gasteiger partial charge on any atom is -0.497 e. The highest BCUT2D eigenvalue weighted by atomic mass is 16.5. The molecule has 0 saturated carbocycles. The monoisotopic (exact) mass is 326 g/mol. The summed E-state index contributed by atoms with van der Waals surface area (Å²) in [7, 11) is 1.62. The third-order valence-corrected chi connectivity index (χ3v) is 4.00. The summed E-state index contributed by atoms with van der Waals surface area (Å²) in [5, 5.41) is 9.04. The minimum absolute atomic E-state index is 0.299. The summed E-state index contributed by atoms with van der Waals surface area (Å²) in [6, 6.07) is 14.9. The molecule has 124 valence electrons. The number of hydrogen-bond donors (Lipinski definition) is 1. The molecule has 3 rings (SSSR count). The van der Waals surface area contributed by atoms with Crippen LogP contribution in [0.2, 0.25) is 0 Å². The lowest BCUT2D eigenvalue weighted by Crippen LogP contribution is -2.27. The van der Waals surface area contributed by atoms with Crippen molar-refractivity contribution >= 4 is 17.0 Å². The fourth-order valence-corrected chi connectivity index (χ4v) is 2.81. The number of carboxylic acids is 1. The molecular weight excluding hydrogens is 308 g/mol. The number of methoxy groups -OCH3 is 1. The first-order valence-corrected chi connectivity index (χ1v) is 7.63. The van der Waals surface area contributed by atoms with Gasteiger partial charge in [0.1, 0.15) is 12.3 Å². The molecule has 0 aliphatic rings. The first-order chi connectivity index (χ1) is 11.6. The zero-order valence-electron chi connectivity index (χ0n) is 13.3. The normalized spacial score (nSPS) is 10.9. The van der Waals surface area contributed by atoms with Crippen LogP contribution in [0.25, 0.3) is 11.0 Å². The second kappa shape index (κ2) is 6.62. The molecule has 0 amide bonds. The molecule has 0 fully saturated rings. The Balaban J connectivity index is 1.92. The number of rotatable bonds is 6. The lowest BCUT2D eigenvalue weighted by molar-refractivity contribution is -0.137. The smallest absolute Gasteiger partial charge is 0.329 e. The topological polar surface area (TPSA) is 73.5 Å². The van der Waals surface area contributed by atoms with E-state index in [1.165, 1.54) is 4.57 Å². The van der Waals surface area contributed by atoms with Crippen LogP contribution in [0.4, 0.5) is 0 Å². The fraction of sp³-hybridized carbons (Fsp3) is 0.222. The Labute approximate surface area is 138 Å². The van der Waals surface area contributed by atoms with E-state index in [1.807, 2.05) is 36.4 Å². The third kappa shape index (κ3) is 3.03. The van der Waals surface area contributed by atoms with E-state index in [9.17, 15) is 9.59 Å². The van der Waals surface area contributed by atoms with Crippen molar-refractivity contribution in [2.75, 3.05) is 7.11 Å². The van der Waals surface area contributed by atoms with Gasteiger partial charge in [-0.05, 0) is 36.2 Å². The molecule has 0 unspecified atom stereocenters. The molecule has 1 N–H and O–H groups in total. The Hall–Kier alpha value is -3.02. The molecule has 0 bridgehead atoms. The highest BCUT2D eigenvalue weighted by molar-refractivity contribution is 5.78. The number of aliphatic carboxylic acids is 1. The molecule has 1 heterocycles. The van der Waals surface area contributed by atoms with E-state index < -0.39 is 5.97 Å². The molecule has 0 spiro atoms. The fourth-order valence-electron chi connectivity index (χ4n) is 2.81. The molecule has 0 saturated heterocycles. The average molecular weight is 326 g/mol. The largest absolute Gasteiger partial charge is 0.497 e. The number of benzene rings is 2. The maximum atomic E-state index is 12.6. The summed E-state index contributed by atoms with van der Waals surface area (Å²) in [5.41, 5.74) is 2.17. The SMILES string of the molecule is COc1ccc(CCn2c(=O)n(CC(=O)O)c3ccccc32)cc1. The van der Waals surface area contributed by atoms with Crippen molar-refractivity contribution in [2.24, 2.45) is 0 Å². The maximum absolute atomic E-state index is 12.6. The number of nitrogens with zero attached hydrogens (tertiary/aromatic N) is 2. The summed E-state index contributed by atoms with van der Waals surface area (Å²) in [4.78, 5) is 23.6. The second-order valence-corrected chi connectivity index (χ2v) is 5.50. The molecule has 24 heavy (non-hydrogen) atoms. The van der Waals surface area contributed by atoms with Gasteiger partial charge in [0.2, 0.25) is 0 Å². The van der Waals surface area contributed by atoms with Crippen LogP contribution in [-0.4, -0.2) is 27.3 Å². The number of aryl methyl sites for hydroxylation is 2. The second-order valence-electron chi connectivity index (χ2n) is 5.50. The van der Waals surface area contributed by atoms with Crippen LogP contribution >= 0.6 is 0 Å². The predicted molar refractivity (Wildman–Crippen MR) is 90.5 cm³/mol. The van der Waals surface area contributed by atoms with E-state index in [2.05, 4.69) is 0 Å². The Kier molecular flexibility index (Phi) is 4.37. The van der Waals surface area contributed by atoms with Gasteiger partial charge in [0, 0.05) is 6.54 Å². The van der Waals surface area contributed by atoms with Gasteiger partial charge in [-0.3, -0.25) is 13.9 Å². The minimum atomic E-state index is -1.03. The van der Waals surface area contributed by atoms with E-state index in [1.54, 1.807) is 23.8 Å². The van der Waals surface area contributed by atoms with Gasteiger partial charge in [0.05, 0.1) is 18.1 Å². The quantitative estimate of drug-likeness (QED) is 0.753. The summed E-state index contributed by atoms with van der Waals surface area (Å²) in [5.74, 6) is -0.246. The van der Waals surface area contributed by atoms with Crippen LogP contribution in [0.5, 0.6) is 5.75 Å². The standard InChI is InChI=1S/C18H18N2O4/c1-24-14-8-6-13(7-9-14)10-11-19-15-4-2-3-5-16(15)20(18(19)23)12-17(21)22/h2-9H,10-12H2,1H3,(H,21,22). The lowest BCUT2D eigenvalue weighted by atomic mass is 10.1.